The molecule has 0 radical (unpaired) electrons. The highest BCUT2D eigenvalue weighted by Crippen LogP contribution is 2.47. The molecule has 0 spiro atoms. The van der Waals surface area contributed by atoms with E-state index in [1.165, 1.54) is 10.2 Å². The molecule has 1 aromatic heterocycles. The van der Waals surface area contributed by atoms with Crippen LogP contribution >= 0.6 is 0 Å². The molecule has 1 heterocycles. The van der Waals surface area contributed by atoms with Crippen molar-refractivity contribution >= 4 is 31.7 Å². The van der Waals surface area contributed by atoms with Gasteiger partial charge in [-0.15, -0.1) is 0 Å². The monoisotopic (exact) mass is 533 g/mol. The normalized spacial score (nSPS) is 11.6. The molecule has 0 aliphatic rings. The number of ether oxygens (including phenoxy) is 2. The fraction of sp³-hybridized carbons (Fsp3) is 0.0909. The zero-order chi connectivity index (χ0) is 27.0. The molecule has 6 rings (SSSR count). The van der Waals surface area contributed by atoms with Gasteiger partial charge < -0.3 is 9.47 Å². The van der Waals surface area contributed by atoms with Gasteiger partial charge in [0.05, 0.1) is 24.6 Å². The van der Waals surface area contributed by atoms with Crippen LogP contribution in [0.4, 0.5) is 0 Å². The van der Waals surface area contributed by atoms with Crippen LogP contribution in [0, 0.1) is 0 Å². The second-order valence-electron chi connectivity index (χ2n) is 9.43. The smallest absolute Gasteiger partial charge is 0.236 e. The maximum atomic E-state index is 13.5. The molecular formula is C33H27NO4S. The van der Waals surface area contributed by atoms with Crippen LogP contribution in [0.25, 0.3) is 44.1 Å². The molecule has 0 atom stereocenters. The average molecular weight is 534 g/mol. The summed E-state index contributed by atoms with van der Waals surface area (Å²) in [5.74, 6) is 1.34. The van der Waals surface area contributed by atoms with Crippen molar-refractivity contribution in [3.63, 3.8) is 0 Å². The predicted molar refractivity (Wildman–Crippen MR) is 158 cm³/mol. The van der Waals surface area contributed by atoms with Crippen molar-refractivity contribution in [3.05, 3.63) is 121 Å². The largest absolute Gasteiger partial charge is 0.497 e. The van der Waals surface area contributed by atoms with E-state index in [0.717, 1.165) is 44.2 Å². The summed E-state index contributed by atoms with van der Waals surface area (Å²) in [5, 5.41) is 2.74. The average Bonchev–Trinajstić information content (AvgIpc) is 3.31. The van der Waals surface area contributed by atoms with Gasteiger partial charge in [0.25, 0.3) is 0 Å². The van der Waals surface area contributed by atoms with E-state index in [9.17, 15) is 8.42 Å². The first-order valence-electron chi connectivity index (χ1n) is 12.6. The van der Waals surface area contributed by atoms with E-state index in [1.807, 2.05) is 115 Å². The van der Waals surface area contributed by atoms with Gasteiger partial charge in [-0.25, -0.2) is 12.4 Å². The number of benzene rings is 5. The van der Waals surface area contributed by atoms with Crippen molar-refractivity contribution < 1.29 is 17.9 Å². The zero-order valence-electron chi connectivity index (χ0n) is 21.7. The highest BCUT2D eigenvalue weighted by Gasteiger charge is 2.28. The molecule has 0 amide bonds. The number of aromatic nitrogens is 1. The summed E-state index contributed by atoms with van der Waals surface area (Å²) in [6.45, 7) is 0.350. The van der Waals surface area contributed by atoms with Crippen molar-refractivity contribution in [2.24, 2.45) is 0 Å². The lowest BCUT2D eigenvalue weighted by Crippen LogP contribution is -2.12. The van der Waals surface area contributed by atoms with E-state index in [1.54, 1.807) is 7.11 Å². The van der Waals surface area contributed by atoms with Crippen LogP contribution in [0.2, 0.25) is 0 Å². The van der Waals surface area contributed by atoms with E-state index in [2.05, 4.69) is 0 Å². The number of hydrogen-bond acceptors (Lipinski definition) is 4. The maximum Gasteiger partial charge on any atom is 0.236 e. The lowest BCUT2D eigenvalue weighted by Gasteiger charge is -2.18. The summed E-state index contributed by atoms with van der Waals surface area (Å²) >= 11 is 0. The molecule has 0 aliphatic heterocycles. The highest BCUT2D eigenvalue weighted by molar-refractivity contribution is 7.89. The molecule has 39 heavy (non-hydrogen) atoms. The van der Waals surface area contributed by atoms with Crippen LogP contribution in [-0.4, -0.2) is 25.8 Å². The van der Waals surface area contributed by atoms with Crippen LogP contribution in [0.3, 0.4) is 0 Å². The lowest BCUT2D eigenvalue weighted by atomic mass is 9.94. The van der Waals surface area contributed by atoms with Gasteiger partial charge in [0.1, 0.15) is 18.1 Å². The Bertz CT molecular complexity index is 1910. The van der Waals surface area contributed by atoms with Crippen molar-refractivity contribution in [2.45, 2.75) is 6.61 Å². The highest BCUT2D eigenvalue weighted by atomic mass is 32.2. The van der Waals surface area contributed by atoms with Crippen molar-refractivity contribution in [2.75, 3.05) is 13.4 Å². The Hall–Kier alpha value is -4.55. The van der Waals surface area contributed by atoms with Gasteiger partial charge in [0, 0.05) is 16.5 Å². The molecule has 194 valence electrons. The second-order valence-corrected chi connectivity index (χ2v) is 11.3. The molecule has 0 bridgehead atoms. The molecule has 0 unspecified atom stereocenters. The number of fused-ring (bicyclic) bond motifs is 2. The Morgan fingerprint density at radius 1 is 0.692 bits per heavy atom. The van der Waals surface area contributed by atoms with Gasteiger partial charge in [-0.2, -0.15) is 0 Å². The molecule has 0 saturated heterocycles. The van der Waals surface area contributed by atoms with E-state index >= 15 is 0 Å². The Morgan fingerprint density at radius 2 is 1.36 bits per heavy atom. The minimum atomic E-state index is -3.72. The first-order chi connectivity index (χ1) is 19.0. The zero-order valence-corrected chi connectivity index (χ0v) is 22.5. The SMILES string of the molecule is COc1ccc(-c2c(-c3c(OCc4ccccc4)ccc4ccccc34)n(S(C)(=O)=O)c3ccccc23)cc1. The quantitative estimate of drug-likeness (QED) is 0.213. The Kier molecular flexibility index (Phi) is 6.33. The van der Waals surface area contributed by atoms with E-state index < -0.39 is 10.0 Å². The van der Waals surface area contributed by atoms with E-state index in [4.69, 9.17) is 9.47 Å². The standard InChI is InChI=1S/C33H27NO4S/c1-37-26-19-16-25(17-20-26)31-28-14-8-9-15-29(28)34(39(2,35)36)33(31)32-27-13-7-6-12-24(27)18-21-30(32)38-22-23-10-4-3-5-11-23/h3-21H,22H2,1-2H3. The topological polar surface area (TPSA) is 57.5 Å². The molecule has 5 aromatic carbocycles. The summed E-state index contributed by atoms with van der Waals surface area (Å²) in [6.07, 6.45) is 1.25. The van der Waals surface area contributed by atoms with E-state index in [-0.39, 0.29) is 0 Å². The minimum Gasteiger partial charge on any atom is -0.497 e. The molecule has 6 aromatic rings. The van der Waals surface area contributed by atoms with Crippen LogP contribution in [0.15, 0.2) is 115 Å². The van der Waals surface area contributed by atoms with E-state index in [0.29, 0.717) is 23.6 Å². The van der Waals surface area contributed by atoms with Crippen LogP contribution in [-0.2, 0) is 16.6 Å². The minimum absolute atomic E-state index is 0.350. The summed E-state index contributed by atoms with van der Waals surface area (Å²) < 4.78 is 40.3. The number of hydrogen-bond donors (Lipinski definition) is 0. The number of para-hydroxylation sites is 1. The van der Waals surface area contributed by atoms with Crippen LogP contribution < -0.4 is 9.47 Å². The Balaban J connectivity index is 1.72. The molecule has 0 N–H and O–H groups in total. The van der Waals surface area contributed by atoms with Crippen LogP contribution in [0.5, 0.6) is 11.5 Å². The number of methoxy groups -OCH3 is 1. The first kappa shape index (κ1) is 24.8. The summed E-state index contributed by atoms with van der Waals surface area (Å²) in [4.78, 5) is 0. The van der Waals surface area contributed by atoms with Gasteiger partial charge in [-0.3, -0.25) is 0 Å². The molecule has 0 fully saturated rings. The third-order valence-electron chi connectivity index (χ3n) is 6.91. The third-order valence-corrected chi connectivity index (χ3v) is 7.95. The maximum absolute atomic E-state index is 13.5. The molecule has 6 heteroatoms. The molecule has 0 aliphatic carbocycles. The number of nitrogens with zero attached hydrogens (tertiary/aromatic N) is 1. The second kappa shape index (κ2) is 9.97. The predicted octanol–water partition coefficient (Wildman–Crippen LogP) is 7.52. The van der Waals surface area contributed by atoms with Crippen LogP contribution in [0.1, 0.15) is 5.56 Å². The summed E-state index contributed by atoms with van der Waals surface area (Å²) in [7, 11) is -2.10. The number of rotatable bonds is 7. The van der Waals surface area contributed by atoms with Crippen molar-refractivity contribution in [1.82, 2.24) is 3.97 Å². The van der Waals surface area contributed by atoms with Gasteiger partial charge in [0.15, 0.2) is 0 Å². The molecule has 5 nitrogen and oxygen atoms in total. The summed E-state index contributed by atoms with van der Waals surface area (Å²) in [5.41, 5.74) is 4.64. The third kappa shape index (κ3) is 4.53. The van der Waals surface area contributed by atoms with Gasteiger partial charge in [0.2, 0.25) is 10.0 Å². The van der Waals surface area contributed by atoms with Crippen molar-refractivity contribution in [3.8, 4) is 33.9 Å². The summed E-state index contributed by atoms with van der Waals surface area (Å²) in [6, 6.07) is 37.2. The van der Waals surface area contributed by atoms with Gasteiger partial charge >= 0.3 is 0 Å². The fourth-order valence-corrected chi connectivity index (χ4v) is 6.21. The van der Waals surface area contributed by atoms with Gasteiger partial charge in [-0.1, -0.05) is 91.0 Å². The Labute approximate surface area is 227 Å². The lowest BCUT2D eigenvalue weighted by molar-refractivity contribution is 0.308. The molecular weight excluding hydrogens is 506 g/mol. The van der Waals surface area contributed by atoms with Crippen molar-refractivity contribution in [1.29, 1.82) is 0 Å². The fourth-order valence-electron chi connectivity index (χ4n) is 5.18. The first-order valence-corrected chi connectivity index (χ1v) is 14.5. The molecule has 0 saturated carbocycles. The van der Waals surface area contributed by atoms with Gasteiger partial charge in [-0.05, 0) is 46.2 Å². The Morgan fingerprint density at radius 3 is 2.08 bits per heavy atom.